The minimum Gasteiger partial charge on any atom is -0.289 e. The SMILES string of the molecule is CCc1cccc(C(=O)c2cccc(CC)c2C)c1C. The Labute approximate surface area is 121 Å². The Balaban J connectivity index is 2.52. The van der Waals surface area contributed by atoms with Crippen LogP contribution in [0.4, 0.5) is 0 Å². The van der Waals surface area contributed by atoms with E-state index in [1.807, 2.05) is 38.1 Å². The number of benzene rings is 2. The Hall–Kier alpha value is -1.89. The maximum atomic E-state index is 12.8. The predicted octanol–water partition coefficient (Wildman–Crippen LogP) is 4.66. The Morgan fingerprint density at radius 2 is 1.20 bits per heavy atom. The Morgan fingerprint density at radius 1 is 0.800 bits per heavy atom. The summed E-state index contributed by atoms with van der Waals surface area (Å²) in [5.41, 5.74) is 6.39. The summed E-state index contributed by atoms with van der Waals surface area (Å²) in [6.45, 7) is 8.34. The van der Waals surface area contributed by atoms with E-state index in [-0.39, 0.29) is 5.78 Å². The van der Waals surface area contributed by atoms with Gasteiger partial charge in [0.05, 0.1) is 0 Å². The van der Waals surface area contributed by atoms with Gasteiger partial charge in [0, 0.05) is 11.1 Å². The molecule has 1 heteroatoms. The van der Waals surface area contributed by atoms with Crippen LogP contribution in [0.3, 0.4) is 0 Å². The van der Waals surface area contributed by atoms with Crippen molar-refractivity contribution in [3.05, 3.63) is 69.8 Å². The smallest absolute Gasteiger partial charge is 0.193 e. The third-order valence-corrected chi connectivity index (χ3v) is 4.14. The molecule has 0 heterocycles. The van der Waals surface area contributed by atoms with Gasteiger partial charge in [-0.3, -0.25) is 4.79 Å². The molecule has 0 aliphatic rings. The lowest BCUT2D eigenvalue weighted by atomic mass is 9.91. The van der Waals surface area contributed by atoms with Gasteiger partial charge in [-0.2, -0.15) is 0 Å². The van der Waals surface area contributed by atoms with Gasteiger partial charge in [0.2, 0.25) is 0 Å². The van der Waals surface area contributed by atoms with Crippen molar-refractivity contribution in [1.29, 1.82) is 0 Å². The topological polar surface area (TPSA) is 17.1 Å². The second-order valence-corrected chi connectivity index (χ2v) is 5.22. The normalized spacial score (nSPS) is 10.6. The van der Waals surface area contributed by atoms with E-state index in [2.05, 4.69) is 26.0 Å². The third kappa shape index (κ3) is 2.53. The molecule has 0 unspecified atom stereocenters. The van der Waals surface area contributed by atoms with Gasteiger partial charge in [0.1, 0.15) is 0 Å². The number of rotatable bonds is 4. The van der Waals surface area contributed by atoms with Gasteiger partial charge in [-0.1, -0.05) is 50.2 Å². The third-order valence-electron chi connectivity index (χ3n) is 4.14. The summed E-state index contributed by atoms with van der Waals surface area (Å²) in [7, 11) is 0. The first-order valence-electron chi connectivity index (χ1n) is 7.31. The molecule has 0 atom stereocenters. The van der Waals surface area contributed by atoms with Crippen molar-refractivity contribution in [1.82, 2.24) is 0 Å². The largest absolute Gasteiger partial charge is 0.289 e. The molecule has 0 aliphatic carbocycles. The molecule has 0 aliphatic heterocycles. The average Bonchev–Trinajstić information content (AvgIpc) is 2.47. The van der Waals surface area contributed by atoms with Gasteiger partial charge < -0.3 is 0 Å². The highest BCUT2D eigenvalue weighted by Crippen LogP contribution is 2.22. The fourth-order valence-electron chi connectivity index (χ4n) is 2.77. The first-order chi connectivity index (χ1) is 9.60. The molecular weight excluding hydrogens is 244 g/mol. The molecule has 0 bridgehead atoms. The number of aryl methyl sites for hydroxylation is 2. The number of carbonyl (C=O) groups is 1. The molecule has 0 amide bonds. The van der Waals surface area contributed by atoms with Crippen molar-refractivity contribution in [2.75, 3.05) is 0 Å². The molecular formula is C19H22O. The highest BCUT2D eigenvalue weighted by atomic mass is 16.1. The number of hydrogen-bond donors (Lipinski definition) is 0. The molecule has 0 aromatic heterocycles. The fourth-order valence-corrected chi connectivity index (χ4v) is 2.77. The molecule has 0 spiro atoms. The van der Waals surface area contributed by atoms with E-state index in [0.717, 1.165) is 35.1 Å². The molecule has 0 saturated heterocycles. The van der Waals surface area contributed by atoms with Crippen LogP contribution in [0.15, 0.2) is 36.4 Å². The maximum absolute atomic E-state index is 12.8. The molecule has 2 aromatic carbocycles. The van der Waals surface area contributed by atoms with Crippen LogP contribution >= 0.6 is 0 Å². The van der Waals surface area contributed by atoms with Crippen LogP contribution in [0, 0.1) is 13.8 Å². The minimum atomic E-state index is 0.144. The first-order valence-corrected chi connectivity index (χ1v) is 7.31. The van der Waals surface area contributed by atoms with E-state index in [1.165, 1.54) is 11.1 Å². The maximum Gasteiger partial charge on any atom is 0.193 e. The lowest BCUT2D eigenvalue weighted by Gasteiger charge is -2.12. The van der Waals surface area contributed by atoms with Gasteiger partial charge in [-0.05, 0) is 48.9 Å². The zero-order valence-electron chi connectivity index (χ0n) is 12.8. The van der Waals surface area contributed by atoms with Gasteiger partial charge in [-0.25, -0.2) is 0 Å². The minimum absolute atomic E-state index is 0.144. The van der Waals surface area contributed by atoms with E-state index in [4.69, 9.17) is 0 Å². The molecule has 0 fully saturated rings. The molecule has 2 rings (SSSR count). The second-order valence-electron chi connectivity index (χ2n) is 5.22. The highest BCUT2D eigenvalue weighted by molar-refractivity contribution is 6.11. The van der Waals surface area contributed by atoms with Crippen LogP contribution in [0.5, 0.6) is 0 Å². The summed E-state index contributed by atoms with van der Waals surface area (Å²) in [6, 6.07) is 12.0. The average molecular weight is 266 g/mol. The van der Waals surface area contributed by atoms with Crippen molar-refractivity contribution < 1.29 is 4.79 Å². The Kier molecular flexibility index (Phi) is 4.39. The summed E-state index contributed by atoms with van der Waals surface area (Å²) < 4.78 is 0. The zero-order chi connectivity index (χ0) is 14.7. The molecule has 20 heavy (non-hydrogen) atoms. The molecule has 104 valence electrons. The van der Waals surface area contributed by atoms with Crippen LogP contribution in [0.2, 0.25) is 0 Å². The number of ketones is 1. The van der Waals surface area contributed by atoms with Crippen LogP contribution < -0.4 is 0 Å². The van der Waals surface area contributed by atoms with Crippen LogP contribution in [-0.2, 0) is 12.8 Å². The van der Waals surface area contributed by atoms with E-state index in [1.54, 1.807) is 0 Å². The lowest BCUT2D eigenvalue weighted by Crippen LogP contribution is -2.08. The highest BCUT2D eigenvalue weighted by Gasteiger charge is 2.16. The van der Waals surface area contributed by atoms with Crippen LogP contribution in [0.1, 0.15) is 52.0 Å². The van der Waals surface area contributed by atoms with Gasteiger partial charge in [-0.15, -0.1) is 0 Å². The van der Waals surface area contributed by atoms with Crippen molar-refractivity contribution >= 4 is 5.78 Å². The monoisotopic (exact) mass is 266 g/mol. The van der Waals surface area contributed by atoms with Crippen molar-refractivity contribution in [2.45, 2.75) is 40.5 Å². The first kappa shape index (κ1) is 14.5. The Bertz CT molecular complexity index is 583. The van der Waals surface area contributed by atoms with Crippen molar-refractivity contribution in [2.24, 2.45) is 0 Å². The van der Waals surface area contributed by atoms with Gasteiger partial charge in [0.15, 0.2) is 5.78 Å². The van der Waals surface area contributed by atoms with E-state index >= 15 is 0 Å². The molecule has 0 saturated carbocycles. The summed E-state index contributed by atoms with van der Waals surface area (Å²) in [5.74, 6) is 0.144. The Morgan fingerprint density at radius 3 is 1.55 bits per heavy atom. The second kappa shape index (κ2) is 6.04. The molecule has 0 radical (unpaired) electrons. The zero-order valence-corrected chi connectivity index (χ0v) is 12.8. The standard InChI is InChI=1S/C19H22O/c1-5-15-9-7-11-17(13(15)3)19(20)18-12-8-10-16(6-2)14(18)4/h7-12H,5-6H2,1-4H3. The molecule has 1 nitrogen and oxygen atoms in total. The lowest BCUT2D eigenvalue weighted by molar-refractivity contribution is 0.103. The van der Waals surface area contributed by atoms with Crippen molar-refractivity contribution in [3.63, 3.8) is 0 Å². The summed E-state index contributed by atoms with van der Waals surface area (Å²) >= 11 is 0. The van der Waals surface area contributed by atoms with Crippen molar-refractivity contribution in [3.8, 4) is 0 Å². The number of hydrogen-bond acceptors (Lipinski definition) is 1. The molecule has 0 N–H and O–H groups in total. The van der Waals surface area contributed by atoms with Crippen LogP contribution in [0.25, 0.3) is 0 Å². The quantitative estimate of drug-likeness (QED) is 0.736. The summed E-state index contributed by atoms with van der Waals surface area (Å²) in [6.07, 6.45) is 1.92. The number of carbonyl (C=O) groups excluding carboxylic acids is 1. The van der Waals surface area contributed by atoms with Crippen LogP contribution in [-0.4, -0.2) is 5.78 Å². The summed E-state index contributed by atoms with van der Waals surface area (Å²) in [5, 5.41) is 0. The fraction of sp³-hybridized carbons (Fsp3) is 0.316. The van der Waals surface area contributed by atoms with Gasteiger partial charge >= 0.3 is 0 Å². The van der Waals surface area contributed by atoms with E-state index < -0.39 is 0 Å². The molecule has 2 aromatic rings. The predicted molar refractivity (Wildman–Crippen MR) is 84.5 cm³/mol. The summed E-state index contributed by atoms with van der Waals surface area (Å²) in [4.78, 5) is 12.8. The van der Waals surface area contributed by atoms with Gasteiger partial charge in [0.25, 0.3) is 0 Å². The van der Waals surface area contributed by atoms with E-state index in [9.17, 15) is 4.79 Å². The van der Waals surface area contributed by atoms with E-state index in [0.29, 0.717) is 0 Å².